The number of morpholine rings is 1. The molecule has 2 aliphatic heterocycles. The van der Waals surface area contributed by atoms with Crippen LogP contribution >= 0.6 is 0 Å². The number of hydrogen-bond donors (Lipinski definition) is 0. The number of carbonyl (C=O) groups excluding carboxylic acids is 2. The number of piperidine rings is 1. The van der Waals surface area contributed by atoms with Crippen molar-refractivity contribution in [3.8, 4) is 0 Å². The van der Waals surface area contributed by atoms with Crippen molar-refractivity contribution in [1.82, 2.24) is 14.8 Å². The molecule has 1 aromatic heterocycles. The number of ketones is 1. The Kier molecular flexibility index (Phi) is 7.21. The molecule has 0 radical (unpaired) electrons. The van der Waals surface area contributed by atoms with E-state index in [9.17, 15) is 22.8 Å². The van der Waals surface area contributed by atoms with Crippen molar-refractivity contribution >= 4 is 11.8 Å². The Morgan fingerprint density at radius 2 is 1.74 bits per heavy atom. The zero-order valence-electron chi connectivity index (χ0n) is 19.1. The van der Waals surface area contributed by atoms with Gasteiger partial charge in [0.2, 0.25) is 0 Å². The first-order valence-electron chi connectivity index (χ1n) is 11.5. The van der Waals surface area contributed by atoms with Crippen molar-refractivity contribution in [1.29, 1.82) is 0 Å². The maximum Gasteiger partial charge on any atom is 0.416 e. The number of aromatic nitrogens is 1. The largest absolute Gasteiger partial charge is 0.416 e. The Morgan fingerprint density at radius 3 is 2.38 bits per heavy atom. The van der Waals surface area contributed by atoms with Crippen molar-refractivity contribution in [2.24, 2.45) is 5.92 Å². The number of ether oxygens (including phenoxy) is 1. The second-order valence-corrected chi connectivity index (χ2v) is 9.00. The summed E-state index contributed by atoms with van der Waals surface area (Å²) in [5, 5.41) is 0. The summed E-state index contributed by atoms with van der Waals surface area (Å²) in [7, 11) is 0. The molecule has 2 saturated heterocycles. The molecule has 3 heterocycles. The van der Waals surface area contributed by atoms with E-state index in [1.165, 1.54) is 12.1 Å². The summed E-state index contributed by atoms with van der Waals surface area (Å²) in [4.78, 5) is 33.9. The van der Waals surface area contributed by atoms with Gasteiger partial charge in [-0.2, -0.15) is 13.2 Å². The summed E-state index contributed by atoms with van der Waals surface area (Å²) in [6.07, 6.45) is -3.57. The molecular weight excluding hydrogens is 447 g/mol. The van der Waals surface area contributed by atoms with Crippen LogP contribution in [-0.2, 0) is 10.9 Å². The van der Waals surface area contributed by atoms with Crippen LogP contribution in [0.25, 0.3) is 0 Å². The van der Waals surface area contributed by atoms with Gasteiger partial charge < -0.3 is 14.5 Å². The normalized spacial score (nSPS) is 21.4. The van der Waals surface area contributed by atoms with E-state index in [0.717, 1.165) is 23.4 Å². The Bertz CT molecular complexity index is 1020. The lowest BCUT2D eigenvalue weighted by molar-refractivity contribution is -0.137. The van der Waals surface area contributed by atoms with Crippen molar-refractivity contribution in [2.45, 2.75) is 31.9 Å². The summed E-state index contributed by atoms with van der Waals surface area (Å²) in [6.45, 7) is 4.58. The number of carbonyl (C=O) groups is 2. The minimum atomic E-state index is -4.40. The molecule has 0 N–H and O–H groups in total. The summed E-state index contributed by atoms with van der Waals surface area (Å²) >= 11 is 0. The molecule has 2 aliphatic rings. The van der Waals surface area contributed by atoms with Gasteiger partial charge in [0.25, 0.3) is 0 Å². The molecule has 182 valence electrons. The van der Waals surface area contributed by atoms with E-state index in [-0.39, 0.29) is 30.1 Å². The molecule has 2 atom stereocenters. The van der Waals surface area contributed by atoms with Crippen LogP contribution in [0.4, 0.5) is 18.0 Å². The molecule has 4 rings (SSSR count). The lowest BCUT2D eigenvalue weighted by Crippen LogP contribution is -2.52. The van der Waals surface area contributed by atoms with Gasteiger partial charge in [0.1, 0.15) is 5.69 Å². The van der Waals surface area contributed by atoms with Crippen LogP contribution in [0.1, 0.15) is 46.1 Å². The molecule has 1 aromatic carbocycles. The number of likely N-dealkylation sites (tertiary alicyclic amines) is 1. The minimum absolute atomic E-state index is 0.0967. The average molecular weight is 476 g/mol. The first kappa shape index (κ1) is 24.2. The van der Waals surface area contributed by atoms with Gasteiger partial charge in [0.15, 0.2) is 5.78 Å². The standard InChI is InChI=1S/C25H28F3N3O3/c1-17-3-2-4-22(29-17)23(32)14-18-13-20(19-5-7-21(8-6-19)25(26,27)28)16-31(15-18)24(33)30-9-11-34-12-10-30/h2-8,18,20H,9-16H2,1H3. The minimum Gasteiger partial charge on any atom is -0.378 e. The lowest BCUT2D eigenvalue weighted by atomic mass is 9.82. The molecular formula is C25H28F3N3O3. The fourth-order valence-electron chi connectivity index (χ4n) is 4.71. The van der Waals surface area contributed by atoms with E-state index in [1.807, 2.05) is 13.0 Å². The Labute approximate surface area is 196 Å². The molecule has 2 unspecified atom stereocenters. The smallest absolute Gasteiger partial charge is 0.378 e. The summed E-state index contributed by atoms with van der Waals surface area (Å²) in [6, 6.07) is 10.3. The topological polar surface area (TPSA) is 62.7 Å². The number of rotatable bonds is 4. The van der Waals surface area contributed by atoms with Crippen LogP contribution in [0.15, 0.2) is 42.5 Å². The van der Waals surface area contributed by atoms with Gasteiger partial charge in [-0.1, -0.05) is 18.2 Å². The van der Waals surface area contributed by atoms with Crippen LogP contribution < -0.4 is 0 Å². The molecule has 0 saturated carbocycles. The van der Waals surface area contributed by atoms with Crippen LogP contribution in [0.2, 0.25) is 0 Å². The van der Waals surface area contributed by atoms with E-state index >= 15 is 0 Å². The van der Waals surface area contributed by atoms with Crippen LogP contribution in [-0.4, -0.2) is 66.0 Å². The highest BCUT2D eigenvalue weighted by Crippen LogP contribution is 2.35. The second-order valence-electron chi connectivity index (χ2n) is 9.00. The molecule has 0 spiro atoms. The highest BCUT2D eigenvalue weighted by molar-refractivity contribution is 5.94. The zero-order valence-corrected chi connectivity index (χ0v) is 19.1. The van der Waals surface area contributed by atoms with E-state index < -0.39 is 11.7 Å². The van der Waals surface area contributed by atoms with Crippen LogP contribution in [0.3, 0.4) is 0 Å². The molecule has 0 aliphatic carbocycles. The van der Waals surface area contributed by atoms with Crippen molar-refractivity contribution in [3.63, 3.8) is 0 Å². The fraction of sp³-hybridized carbons (Fsp3) is 0.480. The average Bonchev–Trinajstić information content (AvgIpc) is 2.83. The van der Waals surface area contributed by atoms with Gasteiger partial charge in [-0.3, -0.25) is 9.78 Å². The van der Waals surface area contributed by atoms with Crippen molar-refractivity contribution < 1.29 is 27.5 Å². The number of halogens is 3. The van der Waals surface area contributed by atoms with Gasteiger partial charge in [-0.15, -0.1) is 0 Å². The monoisotopic (exact) mass is 475 g/mol. The number of aryl methyl sites for hydroxylation is 1. The van der Waals surface area contributed by atoms with Gasteiger partial charge in [-0.05, 0) is 49.1 Å². The molecule has 9 heteroatoms. The Morgan fingerprint density at radius 1 is 1.03 bits per heavy atom. The fourth-order valence-corrected chi connectivity index (χ4v) is 4.71. The Hall–Kier alpha value is -2.94. The Balaban J connectivity index is 1.54. The summed E-state index contributed by atoms with van der Waals surface area (Å²) < 4.78 is 44.4. The lowest BCUT2D eigenvalue weighted by Gasteiger charge is -2.41. The number of alkyl halides is 3. The van der Waals surface area contributed by atoms with Crippen molar-refractivity contribution in [3.05, 3.63) is 65.0 Å². The first-order valence-corrected chi connectivity index (χ1v) is 11.5. The maximum atomic E-state index is 13.2. The van der Waals surface area contributed by atoms with Gasteiger partial charge in [-0.25, -0.2) is 4.79 Å². The molecule has 6 nitrogen and oxygen atoms in total. The molecule has 2 fully saturated rings. The van der Waals surface area contributed by atoms with E-state index in [0.29, 0.717) is 51.5 Å². The SMILES string of the molecule is Cc1cccc(C(=O)CC2CC(c3ccc(C(F)(F)F)cc3)CN(C(=O)N3CCOCC3)C2)n1. The van der Waals surface area contributed by atoms with Crippen molar-refractivity contribution in [2.75, 3.05) is 39.4 Å². The number of hydrogen-bond acceptors (Lipinski definition) is 4. The number of pyridine rings is 1. The number of nitrogens with zero attached hydrogens (tertiary/aromatic N) is 3. The predicted molar refractivity (Wildman–Crippen MR) is 120 cm³/mol. The molecule has 2 amide bonds. The number of Topliss-reactive ketones (excluding diaryl/α,β-unsaturated/α-hetero) is 1. The van der Waals surface area contributed by atoms with Crippen LogP contribution in [0, 0.1) is 12.8 Å². The third kappa shape index (κ3) is 5.75. The van der Waals surface area contributed by atoms with Gasteiger partial charge >= 0.3 is 12.2 Å². The zero-order chi connectivity index (χ0) is 24.3. The molecule has 0 bridgehead atoms. The van der Waals surface area contributed by atoms with E-state index in [4.69, 9.17) is 4.74 Å². The number of urea groups is 1. The predicted octanol–water partition coefficient (Wildman–Crippen LogP) is 4.54. The highest BCUT2D eigenvalue weighted by Gasteiger charge is 2.35. The molecule has 34 heavy (non-hydrogen) atoms. The quantitative estimate of drug-likeness (QED) is 0.610. The first-order chi connectivity index (χ1) is 16.2. The van der Waals surface area contributed by atoms with Gasteiger partial charge in [0, 0.05) is 44.2 Å². The van der Waals surface area contributed by atoms with E-state index in [1.54, 1.807) is 21.9 Å². The maximum absolute atomic E-state index is 13.2. The number of amides is 2. The van der Waals surface area contributed by atoms with E-state index in [2.05, 4.69) is 4.98 Å². The summed E-state index contributed by atoms with van der Waals surface area (Å²) in [5.74, 6) is -0.384. The third-order valence-corrected chi connectivity index (χ3v) is 6.45. The third-order valence-electron chi connectivity index (χ3n) is 6.45. The highest BCUT2D eigenvalue weighted by atomic mass is 19.4. The molecule has 2 aromatic rings. The summed E-state index contributed by atoms with van der Waals surface area (Å²) in [5.41, 5.74) is 1.17. The number of benzene rings is 1. The van der Waals surface area contributed by atoms with Gasteiger partial charge in [0.05, 0.1) is 18.8 Å². The van der Waals surface area contributed by atoms with Crippen LogP contribution in [0.5, 0.6) is 0 Å². The second kappa shape index (κ2) is 10.1.